The number of rotatable bonds is 2. The van der Waals surface area contributed by atoms with Gasteiger partial charge in [-0.3, -0.25) is 0 Å². The van der Waals surface area contributed by atoms with Crippen LogP contribution in [0.15, 0.2) is 18.2 Å². The molecule has 1 aliphatic carbocycles. The molecule has 1 aromatic carbocycles. The SMILES string of the molecule is CC(N)[C@@]1(c2ccc(Cl)c(Cl)c2)CCCC[C@@H]1O. The molecule has 0 saturated heterocycles. The highest BCUT2D eigenvalue weighted by Gasteiger charge is 2.44. The van der Waals surface area contributed by atoms with Crippen molar-refractivity contribution >= 4 is 23.2 Å². The Labute approximate surface area is 118 Å². The molecule has 3 N–H and O–H groups in total. The second-order valence-electron chi connectivity index (χ2n) is 5.22. The van der Waals surface area contributed by atoms with Crippen molar-refractivity contribution in [2.24, 2.45) is 5.73 Å². The second-order valence-corrected chi connectivity index (χ2v) is 6.03. The molecule has 0 aliphatic heterocycles. The summed E-state index contributed by atoms with van der Waals surface area (Å²) in [6, 6.07) is 5.45. The first-order valence-electron chi connectivity index (χ1n) is 6.37. The van der Waals surface area contributed by atoms with Crippen LogP contribution in [0.1, 0.15) is 38.2 Å². The fourth-order valence-electron chi connectivity index (χ4n) is 3.10. The lowest BCUT2D eigenvalue weighted by Crippen LogP contribution is -2.53. The number of halogens is 2. The van der Waals surface area contributed by atoms with E-state index in [-0.39, 0.29) is 6.04 Å². The molecule has 1 saturated carbocycles. The average Bonchev–Trinajstić information content (AvgIpc) is 2.33. The van der Waals surface area contributed by atoms with E-state index in [2.05, 4.69) is 0 Å². The molecule has 100 valence electrons. The number of hydrogen-bond donors (Lipinski definition) is 2. The van der Waals surface area contributed by atoms with E-state index in [9.17, 15) is 5.11 Å². The number of benzene rings is 1. The van der Waals surface area contributed by atoms with E-state index in [0.717, 1.165) is 31.2 Å². The molecule has 1 fully saturated rings. The summed E-state index contributed by atoms with van der Waals surface area (Å²) >= 11 is 12.0. The third kappa shape index (κ3) is 2.27. The minimum absolute atomic E-state index is 0.120. The van der Waals surface area contributed by atoms with Gasteiger partial charge in [-0.1, -0.05) is 42.1 Å². The van der Waals surface area contributed by atoms with Gasteiger partial charge in [-0.2, -0.15) is 0 Å². The third-order valence-electron chi connectivity index (χ3n) is 4.18. The molecular formula is C14H19Cl2NO. The van der Waals surface area contributed by atoms with Crippen LogP contribution >= 0.6 is 23.2 Å². The Hall–Kier alpha value is -0.280. The normalized spacial score (nSPS) is 30.2. The monoisotopic (exact) mass is 287 g/mol. The van der Waals surface area contributed by atoms with E-state index in [1.54, 1.807) is 6.07 Å². The van der Waals surface area contributed by atoms with E-state index in [1.165, 1.54) is 0 Å². The molecule has 18 heavy (non-hydrogen) atoms. The summed E-state index contributed by atoms with van der Waals surface area (Å²) in [5, 5.41) is 11.5. The number of aliphatic hydroxyl groups excluding tert-OH is 1. The molecule has 2 rings (SSSR count). The maximum atomic E-state index is 10.4. The highest BCUT2D eigenvalue weighted by Crippen LogP contribution is 2.43. The van der Waals surface area contributed by atoms with Crippen molar-refractivity contribution in [3.8, 4) is 0 Å². The number of aliphatic hydroxyl groups is 1. The zero-order valence-electron chi connectivity index (χ0n) is 10.5. The summed E-state index contributed by atoms with van der Waals surface area (Å²) in [6.45, 7) is 1.96. The van der Waals surface area contributed by atoms with Crippen molar-refractivity contribution in [2.75, 3.05) is 0 Å². The van der Waals surface area contributed by atoms with Crippen molar-refractivity contribution in [3.63, 3.8) is 0 Å². The molecular weight excluding hydrogens is 269 g/mol. The molecule has 1 aliphatic rings. The lowest BCUT2D eigenvalue weighted by Gasteiger charge is -2.45. The van der Waals surface area contributed by atoms with Gasteiger partial charge in [0.1, 0.15) is 0 Å². The van der Waals surface area contributed by atoms with Crippen molar-refractivity contribution in [1.29, 1.82) is 0 Å². The topological polar surface area (TPSA) is 46.2 Å². The predicted octanol–water partition coefficient (Wildman–Crippen LogP) is 3.51. The van der Waals surface area contributed by atoms with Gasteiger partial charge in [0.2, 0.25) is 0 Å². The predicted molar refractivity (Wildman–Crippen MR) is 76.3 cm³/mol. The van der Waals surface area contributed by atoms with Gasteiger partial charge >= 0.3 is 0 Å². The van der Waals surface area contributed by atoms with Gasteiger partial charge in [0.15, 0.2) is 0 Å². The van der Waals surface area contributed by atoms with E-state index in [1.807, 2.05) is 19.1 Å². The zero-order chi connectivity index (χ0) is 13.3. The van der Waals surface area contributed by atoms with Crippen LogP contribution in [0.4, 0.5) is 0 Å². The van der Waals surface area contributed by atoms with Gasteiger partial charge in [-0.05, 0) is 37.5 Å². The Balaban J connectivity index is 2.49. The highest BCUT2D eigenvalue weighted by molar-refractivity contribution is 6.42. The molecule has 4 heteroatoms. The standard InChI is InChI=1S/C14H19Cl2NO/c1-9(17)14(7-3-2-4-13(14)18)10-5-6-11(15)12(16)8-10/h5-6,8-9,13,18H,2-4,7,17H2,1H3/t9?,13-,14+/m0/s1. The lowest BCUT2D eigenvalue weighted by molar-refractivity contribution is 0.0293. The van der Waals surface area contributed by atoms with Crippen molar-refractivity contribution in [2.45, 2.75) is 50.2 Å². The first-order chi connectivity index (χ1) is 8.48. The molecule has 0 spiro atoms. The van der Waals surface area contributed by atoms with Crippen LogP contribution in [-0.2, 0) is 5.41 Å². The van der Waals surface area contributed by atoms with Gasteiger partial charge in [0.05, 0.1) is 16.1 Å². The minimum atomic E-state index is -0.413. The van der Waals surface area contributed by atoms with Gasteiger partial charge in [0.25, 0.3) is 0 Å². The summed E-state index contributed by atoms with van der Waals surface area (Å²) in [5.41, 5.74) is 6.78. The Morgan fingerprint density at radius 1 is 1.33 bits per heavy atom. The molecule has 0 bridgehead atoms. The fourth-order valence-corrected chi connectivity index (χ4v) is 3.39. The molecule has 3 atom stereocenters. The lowest BCUT2D eigenvalue weighted by atomic mass is 9.63. The molecule has 0 heterocycles. The third-order valence-corrected chi connectivity index (χ3v) is 4.92. The van der Waals surface area contributed by atoms with E-state index in [0.29, 0.717) is 10.0 Å². The molecule has 0 aromatic heterocycles. The van der Waals surface area contributed by atoms with Crippen LogP contribution in [0.2, 0.25) is 10.0 Å². The van der Waals surface area contributed by atoms with E-state index >= 15 is 0 Å². The molecule has 0 amide bonds. The van der Waals surface area contributed by atoms with Gasteiger partial charge in [-0.25, -0.2) is 0 Å². The fraction of sp³-hybridized carbons (Fsp3) is 0.571. The first kappa shape index (κ1) is 14.1. The Morgan fingerprint density at radius 2 is 2.06 bits per heavy atom. The Kier molecular flexibility index (Phi) is 4.22. The zero-order valence-corrected chi connectivity index (χ0v) is 12.0. The molecule has 0 radical (unpaired) electrons. The Bertz CT molecular complexity index is 436. The first-order valence-corrected chi connectivity index (χ1v) is 7.13. The molecule has 1 unspecified atom stereocenters. The Morgan fingerprint density at radius 3 is 2.61 bits per heavy atom. The maximum absolute atomic E-state index is 10.4. The largest absolute Gasteiger partial charge is 0.392 e. The minimum Gasteiger partial charge on any atom is -0.392 e. The van der Waals surface area contributed by atoms with Crippen molar-refractivity contribution in [3.05, 3.63) is 33.8 Å². The maximum Gasteiger partial charge on any atom is 0.0651 e. The molecule has 2 nitrogen and oxygen atoms in total. The van der Waals surface area contributed by atoms with Crippen LogP contribution in [0.25, 0.3) is 0 Å². The number of nitrogens with two attached hydrogens (primary N) is 1. The summed E-state index contributed by atoms with van der Waals surface area (Å²) in [7, 11) is 0. The van der Waals surface area contributed by atoms with Crippen LogP contribution < -0.4 is 5.73 Å². The highest BCUT2D eigenvalue weighted by atomic mass is 35.5. The van der Waals surface area contributed by atoms with Crippen LogP contribution in [-0.4, -0.2) is 17.3 Å². The van der Waals surface area contributed by atoms with Crippen LogP contribution in [0.3, 0.4) is 0 Å². The quantitative estimate of drug-likeness (QED) is 0.874. The molecule has 1 aromatic rings. The summed E-state index contributed by atoms with van der Waals surface area (Å²) in [4.78, 5) is 0. The van der Waals surface area contributed by atoms with Gasteiger partial charge in [0, 0.05) is 11.5 Å². The second kappa shape index (κ2) is 5.38. The van der Waals surface area contributed by atoms with E-state index in [4.69, 9.17) is 28.9 Å². The van der Waals surface area contributed by atoms with Crippen LogP contribution in [0.5, 0.6) is 0 Å². The number of hydrogen-bond acceptors (Lipinski definition) is 2. The van der Waals surface area contributed by atoms with Crippen molar-refractivity contribution in [1.82, 2.24) is 0 Å². The van der Waals surface area contributed by atoms with Crippen molar-refractivity contribution < 1.29 is 5.11 Å². The van der Waals surface area contributed by atoms with Gasteiger partial charge < -0.3 is 10.8 Å². The smallest absolute Gasteiger partial charge is 0.0651 e. The summed E-state index contributed by atoms with van der Waals surface area (Å²) < 4.78 is 0. The van der Waals surface area contributed by atoms with Crippen LogP contribution in [0, 0.1) is 0 Å². The van der Waals surface area contributed by atoms with Gasteiger partial charge in [-0.15, -0.1) is 0 Å². The summed E-state index contributed by atoms with van der Waals surface area (Å²) in [5.74, 6) is 0. The van der Waals surface area contributed by atoms with E-state index < -0.39 is 11.5 Å². The summed E-state index contributed by atoms with van der Waals surface area (Å²) in [6.07, 6.45) is 3.41. The average molecular weight is 288 g/mol.